The minimum absolute atomic E-state index is 0.108. The van der Waals surface area contributed by atoms with Gasteiger partial charge in [0.05, 0.1) is 41.7 Å². The van der Waals surface area contributed by atoms with Gasteiger partial charge in [-0.3, -0.25) is 15.5 Å². The summed E-state index contributed by atoms with van der Waals surface area (Å²) in [5.74, 6) is 0.703. The molecule has 0 heterocycles. The average molecular weight is 378 g/mol. The summed E-state index contributed by atoms with van der Waals surface area (Å²) >= 11 is 6.07. The van der Waals surface area contributed by atoms with E-state index in [1.807, 2.05) is 32.9 Å². The Morgan fingerprint density at radius 3 is 2.58 bits per heavy atom. The molecule has 0 bridgehead atoms. The Morgan fingerprint density at radius 2 is 2.00 bits per heavy atom. The van der Waals surface area contributed by atoms with Crippen molar-refractivity contribution < 1.29 is 14.4 Å². The number of nitrogens with zero attached hydrogens (tertiary/aromatic N) is 2. The van der Waals surface area contributed by atoms with E-state index >= 15 is 0 Å². The van der Waals surface area contributed by atoms with E-state index in [0.717, 1.165) is 5.56 Å². The predicted molar refractivity (Wildman–Crippen MR) is 103 cm³/mol. The van der Waals surface area contributed by atoms with E-state index in [1.165, 1.54) is 25.5 Å². The molecule has 0 aliphatic rings. The van der Waals surface area contributed by atoms with E-state index in [9.17, 15) is 10.1 Å². The first-order valence-electron chi connectivity index (χ1n) is 7.90. The monoisotopic (exact) mass is 377 g/mol. The Hall–Kier alpha value is -2.80. The van der Waals surface area contributed by atoms with Gasteiger partial charge in [-0.1, -0.05) is 17.7 Å². The smallest absolute Gasteiger partial charge is 0.282 e. The normalized spacial score (nSPS) is 11.0. The number of anilines is 1. The molecule has 0 aromatic heterocycles. The van der Waals surface area contributed by atoms with Crippen LogP contribution in [0.3, 0.4) is 0 Å². The zero-order chi connectivity index (χ0) is 19.3. The Balaban J connectivity index is 2.33. The fraction of sp³-hybridized carbons (Fsp3) is 0.278. The fourth-order valence-corrected chi connectivity index (χ4v) is 2.35. The molecule has 0 aliphatic carbocycles. The molecule has 1 N–H and O–H groups in total. The number of hydrazone groups is 1. The highest BCUT2D eigenvalue weighted by Crippen LogP contribution is 2.34. The summed E-state index contributed by atoms with van der Waals surface area (Å²) in [5.41, 5.74) is 4.58. The standard InChI is InChI=1S/C18H20ClN3O4/c1-11(2)26-18-7-13(16(22(23)24)9-17(18)25-4)10-20-21-14-6-5-12(3)15(19)8-14/h5-11,21H,1-4H3. The third-order valence-corrected chi connectivity index (χ3v) is 3.85. The van der Waals surface area contributed by atoms with Crippen molar-refractivity contribution >= 4 is 29.2 Å². The topological polar surface area (TPSA) is 86.0 Å². The van der Waals surface area contributed by atoms with Crippen molar-refractivity contribution in [2.24, 2.45) is 5.10 Å². The van der Waals surface area contributed by atoms with Crippen LogP contribution in [0.5, 0.6) is 11.5 Å². The first-order valence-corrected chi connectivity index (χ1v) is 8.28. The number of nitrogens with one attached hydrogen (secondary N) is 1. The second-order valence-electron chi connectivity index (χ2n) is 5.82. The number of hydrogen-bond donors (Lipinski definition) is 1. The first kappa shape index (κ1) is 19.5. The van der Waals surface area contributed by atoms with Crippen LogP contribution in [-0.4, -0.2) is 24.4 Å². The van der Waals surface area contributed by atoms with Gasteiger partial charge in [0.2, 0.25) is 0 Å². The van der Waals surface area contributed by atoms with Crippen LogP contribution < -0.4 is 14.9 Å². The number of nitro groups is 1. The highest BCUT2D eigenvalue weighted by Gasteiger charge is 2.19. The van der Waals surface area contributed by atoms with Crippen molar-refractivity contribution in [1.82, 2.24) is 0 Å². The molecule has 0 fully saturated rings. The van der Waals surface area contributed by atoms with Crippen LogP contribution in [0.25, 0.3) is 0 Å². The molecule has 0 unspecified atom stereocenters. The Morgan fingerprint density at radius 1 is 1.27 bits per heavy atom. The van der Waals surface area contributed by atoms with Gasteiger partial charge < -0.3 is 9.47 Å². The quantitative estimate of drug-likeness (QED) is 0.425. The summed E-state index contributed by atoms with van der Waals surface area (Å²) in [6, 6.07) is 8.24. The van der Waals surface area contributed by atoms with Crippen molar-refractivity contribution in [2.45, 2.75) is 26.9 Å². The van der Waals surface area contributed by atoms with Crippen molar-refractivity contribution in [3.63, 3.8) is 0 Å². The van der Waals surface area contributed by atoms with Crippen molar-refractivity contribution in [1.29, 1.82) is 0 Å². The van der Waals surface area contributed by atoms with Crippen molar-refractivity contribution in [2.75, 3.05) is 12.5 Å². The van der Waals surface area contributed by atoms with Crippen molar-refractivity contribution in [3.05, 3.63) is 56.6 Å². The van der Waals surface area contributed by atoms with Crippen LogP contribution >= 0.6 is 11.6 Å². The summed E-state index contributed by atoms with van der Waals surface area (Å²) in [7, 11) is 1.43. The van der Waals surface area contributed by atoms with Gasteiger partial charge in [-0.15, -0.1) is 0 Å². The highest BCUT2D eigenvalue weighted by molar-refractivity contribution is 6.31. The maximum absolute atomic E-state index is 11.3. The summed E-state index contributed by atoms with van der Waals surface area (Å²) in [6.45, 7) is 5.61. The third kappa shape index (κ3) is 4.86. The number of ether oxygens (including phenoxy) is 2. The van der Waals surface area contributed by atoms with Gasteiger partial charge in [-0.05, 0) is 44.5 Å². The zero-order valence-corrected chi connectivity index (χ0v) is 15.7. The zero-order valence-electron chi connectivity index (χ0n) is 14.9. The Kier molecular flexibility index (Phi) is 6.41. The molecule has 8 heteroatoms. The first-order chi connectivity index (χ1) is 12.3. The van der Waals surface area contributed by atoms with Crippen LogP contribution in [0.1, 0.15) is 25.0 Å². The average Bonchev–Trinajstić information content (AvgIpc) is 2.57. The number of rotatable bonds is 7. The van der Waals surface area contributed by atoms with Gasteiger partial charge in [0.25, 0.3) is 5.69 Å². The van der Waals surface area contributed by atoms with Crippen LogP contribution in [0, 0.1) is 17.0 Å². The molecule has 0 amide bonds. The van der Waals surface area contributed by atoms with Crippen LogP contribution in [0.4, 0.5) is 11.4 Å². The lowest BCUT2D eigenvalue weighted by Crippen LogP contribution is -2.08. The molecule has 26 heavy (non-hydrogen) atoms. The molecular weight excluding hydrogens is 358 g/mol. The van der Waals surface area contributed by atoms with Gasteiger partial charge in [-0.25, -0.2) is 0 Å². The maximum atomic E-state index is 11.3. The lowest BCUT2D eigenvalue weighted by molar-refractivity contribution is -0.385. The molecule has 0 aliphatic heterocycles. The number of benzene rings is 2. The highest BCUT2D eigenvalue weighted by atomic mass is 35.5. The molecule has 0 atom stereocenters. The van der Waals surface area contributed by atoms with E-state index in [1.54, 1.807) is 6.07 Å². The molecular formula is C18H20ClN3O4. The number of aryl methyl sites for hydroxylation is 1. The molecule has 2 rings (SSSR count). The lowest BCUT2D eigenvalue weighted by atomic mass is 10.1. The Bertz CT molecular complexity index is 837. The fourth-order valence-electron chi connectivity index (χ4n) is 2.17. The van der Waals surface area contributed by atoms with E-state index in [4.69, 9.17) is 21.1 Å². The Labute approximate surface area is 156 Å². The van der Waals surface area contributed by atoms with Crippen LogP contribution in [-0.2, 0) is 0 Å². The number of hydrogen-bond acceptors (Lipinski definition) is 6. The van der Waals surface area contributed by atoms with E-state index in [0.29, 0.717) is 22.2 Å². The summed E-state index contributed by atoms with van der Waals surface area (Å²) in [4.78, 5) is 10.9. The minimum Gasteiger partial charge on any atom is -0.493 e. The lowest BCUT2D eigenvalue weighted by Gasteiger charge is -2.14. The molecule has 0 saturated carbocycles. The molecule has 2 aromatic rings. The molecule has 0 radical (unpaired) electrons. The van der Waals surface area contributed by atoms with Gasteiger partial charge in [-0.2, -0.15) is 5.10 Å². The second kappa shape index (κ2) is 8.53. The van der Waals surface area contributed by atoms with Gasteiger partial charge in [0.15, 0.2) is 11.5 Å². The maximum Gasteiger partial charge on any atom is 0.282 e. The summed E-state index contributed by atoms with van der Waals surface area (Å²) in [5, 5.41) is 16.0. The van der Waals surface area contributed by atoms with Crippen molar-refractivity contribution in [3.8, 4) is 11.5 Å². The van der Waals surface area contributed by atoms with E-state index in [-0.39, 0.29) is 17.4 Å². The van der Waals surface area contributed by atoms with Gasteiger partial charge >= 0.3 is 0 Å². The number of nitro benzene ring substituents is 1. The number of halogens is 1. The third-order valence-electron chi connectivity index (χ3n) is 3.44. The minimum atomic E-state index is -0.494. The van der Waals surface area contributed by atoms with E-state index in [2.05, 4.69) is 10.5 Å². The predicted octanol–water partition coefficient (Wildman–Crippen LogP) is 4.80. The second-order valence-corrected chi connectivity index (χ2v) is 6.23. The summed E-state index contributed by atoms with van der Waals surface area (Å²) < 4.78 is 10.8. The van der Waals surface area contributed by atoms with Gasteiger partial charge in [0.1, 0.15) is 0 Å². The SMILES string of the molecule is COc1cc([N+](=O)[O-])c(C=NNc2ccc(C)c(Cl)c2)cc1OC(C)C. The van der Waals surface area contributed by atoms with Crippen LogP contribution in [0.15, 0.2) is 35.4 Å². The molecule has 138 valence electrons. The molecule has 0 spiro atoms. The van der Waals surface area contributed by atoms with Gasteiger partial charge in [0, 0.05) is 5.02 Å². The number of methoxy groups -OCH3 is 1. The molecule has 7 nitrogen and oxygen atoms in total. The molecule has 0 saturated heterocycles. The summed E-state index contributed by atoms with van der Waals surface area (Å²) in [6.07, 6.45) is 1.25. The van der Waals surface area contributed by atoms with Crippen LogP contribution in [0.2, 0.25) is 5.02 Å². The van der Waals surface area contributed by atoms with E-state index < -0.39 is 4.92 Å². The largest absolute Gasteiger partial charge is 0.493 e. The molecule has 2 aromatic carbocycles.